The van der Waals surface area contributed by atoms with Crippen molar-refractivity contribution in [1.29, 1.82) is 0 Å². The zero-order valence-electron chi connectivity index (χ0n) is 9.06. The van der Waals surface area contributed by atoms with Crippen molar-refractivity contribution >= 4 is 6.09 Å². The third-order valence-corrected chi connectivity index (χ3v) is 2.87. The third kappa shape index (κ3) is 1.82. The molecule has 3 heteroatoms. The zero-order chi connectivity index (χ0) is 10.8. The van der Waals surface area contributed by atoms with Gasteiger partial charge in [0.15, 0.2) is 0 Å². The molecule has 0 aliphatic carbocycles. The van der Waals surface area contributed by atoms with E-state index >= 15 is 0 Å². The Bertz CT molecular complexity index is 376. The van der Waals surface area contributed by atoms with Crippen LogP contribution in [0.15, 0.2) is 24.3 Å². The highest BCUT2D eigenvalue weighted by atomic mass is 16.5. The molecule has 1 aliphatic rings. The zero-order valence-corrected chi connectivity index (χ0v) is 9.06. The molecule has 0 aromatic heterocycles. The molecule has 1 atom stereocenters. The van der Waals surface area contributed by atoms with Crippen LogP contribution in [0.4, 0.5) is 4.79 Å². The molecule has 0 fully saturated rings. The lowest BCUT2D eigenvalue weighted by molar-refractivity contribution is 0.115. The second-order valence-corrected chi connectivity index (χ2v) is 3.95. The van der Waals surface area contributed by atoms with Gasteiger partial charge in [0.05, 0.1) is 7.11 Å². The van der Waals surface area contributed by atoms with Gasteiger partial charge < -0.3 is 9.64 Å². The van der Waals surface area contributed by atoms with Crippen LogP contribution >= 0.6 is 0 Å². The van der Waals surface area contributed by atoms with Crippen molar-refractivity contribution in [2.24, 2.45) is 0 Å². The van der Waals surface area contributed by atoms with Crippen molar-refractivity contribution in [3.8, 4) is 0 Å². The van der Waals surface area contributed by atoms with Crippen molar-refractivity contribution in [3.05, 3.63) is 35.4 Å². The van der Waals surface area contributed by atoms with Gasteiger partial charge in [0.2, 0.25) is 0 Å². The number of hydrogen-bond donors (Lipinski definition) is 0. The molecule has 0 bridgehead atoms. The first-order chi connectivity index (χ1) is 7.22. The van der Waals surface area contributed by atoms with Gasteiger partial charge in [0.25, 0.3) is 0 Å². The number of amides is 1. The summed E-state index contributed by atoms with van der Waals surface area (Å²) in [6, 6.07) is 8.25. The number of carbonyl (C=O) groups is 1. The molecule has 0 spiro atoms. The number of hydrogen-bond acceptors (Lipinski definition) is 2. The highest BCUT2D eigenvalue weighted by Crippen LogP contribution is 2.27. The van der Waals surface area contributed by atoms with E-state index in [1.165, 1.54) is 18.2 Å². The molecule has 3 nitrogen and oxygen atoms in total. The van der Waals surface area contributed by atoms with Crippen molar-refractivity contribution in [2.75, 3.05) is 13.7 Å². The van der Waals surface area contributed by atoms with Crippen molar-refractivity contribution in [3.63, 3.8) is 0 Å². The lowest BCUT2D eigenvalue weighted by Crippen LogP contribution is -2.37. The third-order valence-electron chi connectivity index (χ3n) is 2.87. The summed E-state index contributed by atoms with van der Waals surface area (Å²) in [5.74, 6) is 0.383. The van der Waals surface area contributed by atoms with Gasteiger partial charge >= 0.3 is 6.09 Å². The molecule has 0 saturated heterocycles. The molecule has 1 aromatic rings. The highest BCUT2D eigenvalue weighted by molar-refractivity contribution is 5.68. The van der Waals surface area contributed by atoms with Crippen molar-refractivity contribution < 1.29 is 9.53 Å². The Morgan fingerprint density at radius 3 is 2.93 bits per heavy atom. The fraction of sp³-hybridized carbons (Fsp3) is 0.417. The molecule has 2 rings (SSSR count). The molecule has 1 amide bonds. The van der Waals surface area contributed by atoms with Crippen molar-refractivity contribution in [2.45, 2.75) is 19.4 Å². The largest absolute Gasteiger partial charge is 0.453 e. The average Bonchev–Trinajstić information content (AvgIpc) is 2.28. The number of ether oxygens (including phenoxy) is 1. The van der Waals surface area contributed by atoms with E-state index in [0.29, 0.717) is 12.5 Å². The summed E-state index contributed by atoms with van der Waals surface area (Å²) < 4.78 is 4.74. The number of nitrogens with zero attached hydrogens (tertiary/aromatic N) is 1. The molecule has 0 N–H and O–H groups in total. The summed E-state index contributed by atoms with van der Waals surface area (Å²) in [6.07, 6.45) is -0.239. The Labute approximate surface area is 89.7 Å². The molecular weight excluding hydrogens is 190 g/mol. The predicted molar refractivity (Wildman–Crippen MR) is 57.7 cm³/mol. The van der Waals surface area contributed by atoms with E-state index in [-0.39, 0.29) is 6.09 Å². The Kier molecular flexibility index (Phi) is 2.62. The van der Waals surface area contributed by atoms with Crippen LogP contribution < -0.4 is 0 Å². The number of rotatable bonds is 0. The molecule has 0 saturated carbocycles. The quantitative estimate of drug-likeness (QED) is 0.650. The second kappa shape index (κ2) is 3.93. The summed E-state index contributed by atoms with van der Waals surface area (Å²) in [4.78, 5) is 13.2. The minimum Gasteiger partial charge on any atom is -0.453 e. The van der Waals surface area contributed by atoms with Crippen LogP contribution in [0.3, 0.4) is 0 Å². The molecule has 1 unspecified atom stereocenters. The molecule has 0 radical (unpaired) electrons. The van der Waals surface area contributed by atoms with Crippen molar-refractivity contribution in [1.82, 2.24) is 4.90 Å². The fourth-order valence-electron chi connectivity index (χ4n) is 2.13. The monoisotopic (exact) mass is 205 g/mol. The topological polar surface area (TPSA) is 29.5 Å². The number of fused-ring (bicyclic) bond motifs is 1. The summed E-state index contributed by atoms with van der Waals surface area (Å²) in [5.41, 5.74) is 2.57. The van der Waals surface area contributed by atoms with Gasteiger partial charge in [-0.3, -0.25) is 0 Å². The van der Waals surface area contributed by atoms with Gasteiger partial charge in [-0.2, -0.15) is 0 Å². The summed E-state index contributed by atoms with van der Waals surface area (Å²) in [7, 11) is 1.42. The van der Waals surface area contributed by atoms with Gasteiger partial charge in [0, 0.05) is 13.1 Å². The van der Waals surface area contributed by atoms with Gasteiger partial charge in [-0.1, -0.05) is 31.2 Å². The number of methoxy groups -OCH3 is 1. The summed E-state index contributed by atoms with van der Waals surface area (Å²) in [5, 5.41) is 0. The van der Waals surface area contributed by atoms with Crippen LogP contribution in [-0.2, 0) is 11.3 Å². The lowest BCUT2D eigenvalue weighted by Gasteiger charge is -2.31. The highest BCUT2D eigenvalue weighted by Gasteiger charge is 2.25. The Hall–Kier alpha value is -1.51. The maximum absolute atomic E-state index is 11.4. The predicted octanol–water partition coefficient (Wildman–Crippen LogP) is 2.37. The average molecular weight is 205 g/mol. The smallest absolute Gasteiger partial charge is 0.409 e. The SMILES string of the molecule is COC(=O)N1Cc2ccccc2C(C)C1. The minimum atomic E-state index is -0.239. The van der Waals surface area contributed by atoms with E-state index in [2.05, 4.69) is 19.1 Å². The first kappa shape index (κ1) is 10.0. The fourth-order valence-corrected chi connectivity index (χ4v) is 2.13. The van der Waals surface area contributed by atoms with Crippen LogP contribution in [0.2, 0.25) is 0 Å². The maximum atomic E-state index is 11.4. The van der Waals surface area contributed by atoms with E-state index in [1.807, 2.05) is 12.1 Å². The van der Waals surface area contributed by atoms with E-state index in [0.717, 1.165) is 6.54 Å². The molecule has 1 heterocycles. The molecule has 15 heavy (non-hydrogen) atoms. The Morgan fingerprint density at radius 2 is 2.20 bits per heavy atom. The van der Waals surface area contributed by atoms with Gasteiger partial charge in [-0.05, 0) is 17.0 Å². The Balaban J connectivity index is 2.26. The molecule has 1 aliphatic heterocycles. The van der Waals surface area contributed by atoms with E-state index in [9.17, 15) is 4.79 Å². The van der Waals surface area contributed by atoms with E-state index < -0.39 is 0 Å². The van der Waals surface area contributed by atoms with E-state index in [4.69, 9.17) is 4.74 Å². The Morgan fingerprint density at radius 1 is 1.47 bits per heavy atom. The first-order valence-electron chi connectivity index (χ1n) is 5.13. The number of benzene rings is 1. The summed E-state index contributed by atoms with van der Waals surface area (Å²) >= 11 is 0. The van der Waals surface area contributed by atoms with Crippen LogP contribution in [-0.4, -0.2) is 24.6 Å². The van der Waals surface area contributed by atoms with Gasteiger partial charge in [-0.25, -0.2) is 4.79 Å². The standard InChI is InChI=1S/C12H15NO2/c1-9-7-13(12(14)15-2)8-10-5-3-4-6-11(9)10/h3-6,9H,7-8H2,1-2H3. The maximum Gasteiger partial charge on any atom is 0.409 e. The normalized spacial score (nSPS) is 19.6. The van der Waals surface area contributed by atoms with Crippen LogP contribution in [0.25, 0.3) is 0 Å². The van der Waals surface area contributed by atoms with E-state index in [1.54, 1.807) is 4.90 Å². The number of carbonyl (C=O) groups excluding carboxylic acids is 1. The van der Waals surface area contributed by atoms with Crippen LogP contribution in [0.1, 0.15) is 24.0 Å². The minimum absolute atomic E-state index is 0.239. The van der Waals surface area contributed by atoms with Gasteiger partial charge in [0.1, 0.15) is 0 Å². The lowest BCUT2D eigenvalue weighted by atomic mass is 9.91. The first-order valence-corrected chi connectivity index (χ1v) is 5.13. The van der Waals surface area contributed by atoms with Gasteiger partial charge in [-0.15, -0.1) is 0 Å². The molecular formula is C12H15NO2. The van der Waals surface area contributed by atoms with Crippen LogP contribution in [0.5, 0.6) is 0 Å². The molecule has 80 valence electrons. The molecule has 1 aromatic carbocycles. The second-order valence-electron chi connectivity index (χ2n) is 3.95. The summed E-state index contributed by atoms with van der Waals surface area (Å²) in [6.45, 7) is 3.53. The van der Waals surface area contributed by atoms with Crippen LogP contribution in [0, 0.1) is 0 Å².